The highest BCUT2D eigenvalue weighted by Gasteiger charge is 2.02. The zero-order valence-corrected chi connectivity index (χ0v) is 9.69. The van der Waals surface area contributed by atoms with E-state index < -0.39 is 5.97 Å². The molecule has 0 aliphatic heterocycles. The molecule has 0 saturated carbocycles. The fourth-order valence-electron chi connectivity index (χ4n) is 1.79. The lowest BCUT2D eigenvalue weighted by atomic mass is 10.2. The van der Waals surface area contributed by atoms with E-state index in [1.807, 2.05) is 18.4 Å². The minimum absolute atomic E-state index is 0.0248. The summed E-state index contributed by atoms with van der Waals surface area (Å²) in [7, 11) is 0. The Hall–Kier alpha value is -1.58. The van der Waals surface area contributed by atoms with Gasteiger partial charge < -0.3 is 9.67 Å². The number of aliphatic carboxylic acids is 1. The number of carboxylic acids is 1. The van der Waals surface area contributed by atoms with Gasteiger partial charge in [-0.1, -0.05) is 0 Å². The largest absolute Gasteiger partial charge is 0.481 e. The van der Waals surface area contributed by atoms with Crippen molar-refractivity contribution in [1.82, 2.24) is 4.57 Å². The number of nitrogens with zero attached hydrogens (tertiary/aromatic N) is 1. The van der Waals surface area contributed by atoms with Crippen molar-refractivity contribution in [2.24, 2.45) is 0 Å². The van der Waals surface area contributed by atoms with Crippen LogP contribution in [0.15, 0.2) is 16.9 Å². The molecule has 88 valence electrons. The molecule has 0 saturated heterocycles. The van der Waals surface area contributed by atoms with Gasteiger partial charge in [0, 0.05) is 36.5 Å². The smallest absolute Gasteiger partial charge is 0.303 e. The zero-order chi connectivity index (χ0) is 12.1. The molecule has 0 spiro atoms. The predicted molar refractivity (Wildman–Crippen MR) is 61.7 cm³/mol. The lowest BCUT2D eigenvalue weighted by Gasteiger charge is -2.13. The van der Waals surface area contributed by atoms with Crippen LogP contribution in [0.3, 0.4) is 0 Å². The second-order valence-electron chi connectivity index (χ2n) is 3.98. The Morgan fingerprint density at radius 1 is 1.25 bits per heavy atom. The molecule has 0 aliphatic rings. The molecule has 0 atom stereocenters. The van der Waals surface area contributed by atoms with E-state index in [0.29, 0.717) is 6.42 Å². The summed E-state index contributed by atoms with van der Waals surface area (Å²) in [6, 6.07) is 3.20. The Kier molecular flexibility index (Phi) is 4.28. The van der Waals surface area contributed by atoms with Gasteiger partial charge in [0.25, 0.3) is 0 Å². The second kappa shape index (κ2) is 5.49. The maximum atomic E-state index is 11.2. The number of pyridine rings is 1. The van der Waals surface area contributed by atoms with Crippen LogP contribution in [0.5, 0.6) is 0 Å². The Labute approximate surface area is 94.5 Å². The summed E-state index contributed by atoms with van der Waals surface area (Å²) < 4.78 is 2.04. The highest BCUT2D eigenvalue weighted by Crippen LogP contribution is 2.05. The quantitative estimate of drug-likeness (QED) is 0.773. The van der Waals surface area contributed by atoms with E-state index in [-0.39, 0.29) is 11.8 Å². The fourth-order valence-corrected chi connectivity index (χ4v) is 1.79. The van der Waals surface area contributed by atoms with Crippen molar-refractivity contribution >= 4 is 5.97 Å². The monoisotopic (exact) mass is 223 g/mol. The van der Waals surface area contributed by atoms with Crippen molar-refractivity contribution in [1.29, 1.82) is 0 Å². The lowest BCUT2D eigenvalue weighted by molar-refractivity contribution is -0.137. The van der Waals surface area contributed by atoms with Gasteiger partial charge in [0.1, 0.15) is 0 Å². The van der Waals surface area contributed by atoms with Crippen LogP contribution in [-0.4, -0.2) is 15.6 Å². The first-order valence-corrected chi connectivity index (χ1v) is 5.40. The summed E-state index contributed by atoms with van der Waals surface area (Å²) in [5.41, 5.74) is 1.89. The normalized spacial score (nSPS) is 10.4. The first-order valence-electron chi connectivity index (χ1n) is 5.40. The van der Waals surface area contributed by atoms with Gasteiger partial charge in [-0.05, 0) is 26.7 Å². The molecular weight excluding hydrogens is 206 g/mol. The molecule has 1 N–H and O–H groups in total. The molecule has 1 rings (SSSR count). The van der Waals surface area contributed by atoms with Crippen molar-refractivity contribution in [2.45, 2.75) is 39.7 Å². The topological polar surface area (TPSA) is 59.3 Å². The lowest BCUT2D eigenvalue weighted by Crippen LogP contribution is -2.13. The summed E-state index contributed by atoms with van der Waals surface area (Å²) in [5, 5.41) is 8.51. The molecule has 0 aromatic carbocycles. The third kappa shape index (κ3) is 3.53. The van der Waals surface area contributed by atoms with Crippen molar-refractivity contribution < 1.29 is 9.90 Å². The van der Waals surface area contributed by atoms with E-state index in [0.717, 1.165) is 24.4 Å². The Bertz CT molecular complexity index is 408. The standard InChI is InChI=1S/C12H17NO3/c1-9-7-11(14)8-10(2)13(9)6-4-3-5-12(15)16/h7-8H,3-6H2,1-2H3,(H,15,16). The third-order valence-corrected chi connectivity index (χ3v) is 2.58. The second-order valence-corrected chi connectivity index (χ2v) is 3.98. The van der Waals surface area contributed by atoms with Gasteiger partial charge in [0.05, 0.1) is 0 Å². The van der Waals surface area contributed by atoms with Gasteiger partial charge in [-0.25, -0.2) is 0 Å². The summed E-state index contributed by atoms with van der Waals surface area (Å²) in [6.45, 7) is 4.56. The minimum atomic E-state index is -0.756. The van der Waals surface area contributed by atoms with Crippen molar-refractivity contribution in [3.63, 3.8) is 0 Å². The maximum absolute atomic E-state index is 11.2. The van der Waals surface area contributed by atoms with Gasteiger partial charge in [-0.3, -0.25) is 9.59 Å². The molecule has 0 bridgehead atoms. The van der Waals surface area contributed by atoms with Crippen molar-refractivity contribution in [3.05, 3.63) is 33.7 Å². The van der Waals surface area contributed by atoms with Gasteiger partial charge in [0.2, 0.25) is 0 Å². The Balaban J connectivity index is 2.60. The molecule has 0 fully saturated rings. The van der Waals surface area contributed by atoms with Gasteiger partial charge in [0.15, 0.2) is 5.43 Å². The molecule has 0 radical (unpaired) electrons. The number of rotatable bonds is 5. The minimum Gasteiger partial charge on any atom is -0.481 e. The average Bonchev–Trinajstić information content (AvgIpc) is 2.14. The fraction of sp³-hybridized carbons (Fsp3) is 0.500. The molecule has 1 aromatic rings. The predicted octanol–water partition coefficient (Wildman–Crippen LogP) is 1.72. The SMILES string of the molecule is Cc1cc(=O)cc(C)n1CCCCC(=O)O. The van der Waals surface area contributed by atoms with E-state index in [1.165, 1.54) is 0 Å². The van der Waals surface area contributed by atoms with E-state index in [1.54, 1.807) is 12.1 Å². The first kappa shape index (κ1) is 12.5. The van der Waals surface area contributed by atoms with Crippen molar-refractivity contribution in [2.75, 3.05) is 0 Å². The Morgan fingerprint density at radius 2 is 1.81 bits per heavy atom. The molecular formula is C12H17NO3. The summed E-state index contributed by atoms with van der Waals surface area (Å²) in [6.07, 6.45) is 1.69. The zero-order valence-electron chi connectivity index (χ0n) is 9.69. The van der Waals surface area contributed by atoms with Crippen LogP contribution >= 0.6 is 0 Å². The average molecular weight is 223 g/mol. The van der Waals surface area contributed by atoms with E-state index in [9.17, 15) is 9.59 Å². The first-order chi connectivity index (χ1) is 7.50. The van der Waals surface area contributed by atoms with Crippen molar-refractivity contribution in [3.8, 4) is 0 Å². The van der Waals surface area contributed by atoms with E-state index >= 15 is 0 Å². The highest BCUT2D eigenvalue weighted by molar-refractivity contribution is 5.66. The van der Waals surface area contributed by atoms with Crippen LogP contribution in [0.4, 0.5) is 0 Å². The van der Waals surface area contributed by atoms with Crippen LogP contribution in [0, 0.1) is 13.8 Å². The maximum Gasteiger partial charge on any atom is 0.303 e. The summed E-state index contributed by atoms with van der Waals surface area (Å²) in [5.74, 6) is -0.756. The number of aryl methyl sites for hydroxylation is 2. The van der Waals surface area contributed by atoms with Crippen LogP contribution in [0.2, 0.25) is 0 Å². The van der Waals surface area contributed by atoms with Crippen LogP contribution < -0.4 is 5.43 Å². The highest BCUT2D eigenvalue weighted by atomic mass is 16.4. The van der Waals surface area contributed by atoms with Gasteiger partial charge >= 0.3 is 5.97 Å². The molecule has 4 heteroatoms. The number of carboxylic acid groups (broad SMARTS) is 1. The molecule has 0 aliphatic carbocycles. The number of hydrogen-bond donors (Lipinski definition) is 1. The molecule has 16 heavy (non-hydrogen) atoms. The van der Waals surface area contributed by atoms with Crippen LogP contribution in [0.25, 0.3) is 0 Å². The summed E-state index contributed by atoms with van der Waals surface area (Å²) in [4.78, 5) is 21.5. The molecule has 4 nitrogen and oxygen atoms in total. The molecule has 1 heterocycles. The van der Waals surface area contributed by atoms with Crippen LogP contribution in [-0.2, 0) is 11.3 Å². The molecule has 0 amide bonds. The van der Waals surface area contributed by atoms with Crippen LogP contribution in [0.1, 0.15) is 30.7 Å². The van der Waals surface area contributed by atoms with E-state index in [4.69, 9.17) is 5.11 Å². The number of aromatic nitrogens is 1. The Morgan fingerprint density at radius 3 is 2.31 bits per heavy atom. The van der Waals surface area contributed by atoms with Gasteiger partial charge in [-0.2, -0.15) is 0 Å². The number of unbranched alkanes of at least 4 members (excludes halogenated alkanes) is 1. The number of carbonyl (C=O) groups is 1. The molecule has 0 unspecified atom stereocenters. The summed E-state index contributed by atoms with van der Waals surface area (Å²) >= 11 is 0. The number of hydrogen-bond acceptors (Lipinski definition) is 2. The van der Waals surface area contributed by atoms with E-state index in [2.05, 4.69) is 0 Å². The molecule has 1 aromatic heterocycles. The third-order valence-electron chi connectivity index (χ3n) is 2.58. The van der Waals surface area contributed by atoms with Gasteiger partial charge in [-0.15, -0.1) is 0 Å².